The molecule has 0 amide bonds. The van der Waals surface area contributed by atoms with E-state index in [1.54, 1.807) is 30.9 Å². The van der Waals surface area contributed by atoms with Gasteiger partial charge in [-0.15, -0.1) is 0 Å². The Kier molecular flexibility index (Phi) is 7.60. The number of hydrogen-bond donors (Lipinski definition) is 4. The summed E-state index contributed by atoms with van der Waals surface area (Å²) in [7, 11) is -3.39. The Morgan fingerprint density at radius 2 is 1.89 bits per heavy atom. The number of nitriles is 1. The zero-order valence-corrected chi connectivity index (χ0v) is 20.4. The van der Waals surface area contributed by atoms with Crippen molar-refractivity contribution >= 4 is 38.8 Å². The number of nitrogens with two attached hydrogens (primary N) is 1. The van der Waals surface area contributed by atoms with Crippen LogP contribution in [0.15, 0.2) is 24.8 Å². The summed E-state index contributed by atoms with van der Waals surface area (Å²) in [5, 5.41) is 29.8. The summed E-state index contributed by atoms with van der Waals surface area (Å²) in [6.45, 7) is 3.65. The zero-order chi connectivity index (χ0) is 26.7. The third kappa shape index (κ3) is 5.29. The maximum Gasteiger partial charge on any atom is 0.303 e. The number of H-pyrrole nitrogens is 1. The molecule has 0 atom stereocenters. The molecule has 15 heteroatoms. The molecular weight excluding hydrogens is 492 g/mol. The molecule has 0 saturated carbocycles. The molecule has 1 fully saturated rings. The normalized spacial score (nSPS) is 15.1. The molecule has 3 aromatic rings. The average molecular weight is 519 g/mol. The molecule has 36 heavy (non-hydrogen) atoms. The second-order valence-corrected chi connectivity index (χ2v) is 11.0. The van der Waals surface area contributed by atoms with Gasteiger partial charge in [0, 0.05) is 30.9 Å². The van der Waals surface area contributed by atoms with Gasteiger partial charge >= 0.3 is 11.9 Å². The van der Waals surface area contributed by atoms with E-state index in [1.165, 1.54) is 10.6 Å². The van der Waals surface area contributed by atoms with E-state index in [4.69, 9.17) is 15.9 Å². The molecule has 4 heterocycles. The number of anilines is 1. The van der Waals surface area contributed by atoms with Crippen molar-refractivity contribution in [2.24, 2.45) is 0 Å². The predicted molar refractivity (Wildman–Crippen MR) is 128 cm³/mol. The van der Waals surface area contributed by atoms with E-state index in [1.807, 2.05) is 6.07 Å². The first-order valence-electron chi connectivity index (χ1n) is 10.8. The molecule has 0 aromatic carbocycles. The van der Waals surface area contributed by atoms with Gasteiger partial charge in [-0.05, 0) is 19.9 Å². The number of hydrogen-bond acceptors (Lipinski definition) is 9. The maximum absolute atomic E-state index is 12.4. The summed E-state index contributed by atoms with van der Waals surface area (Å²) >= 11 is 0. The maximum atomic E-state index is 12.4. The molecule has 0 aliphatic carbocycles. The van der Waals surface area contributed by atoms with E-state index in [2.05, 4.69) is 26.1 Å². The quantitative estimate of drug-likeness (QED) is 0.329. The first kappa shape index (κ1) is 26.6. The number of aromatic nitrogens is 5. The highest BCUT2D eigenvalue weighted by molar-refractivity contribution is 7.89. The number of aromatic amines is 1. The number of nitrogens with one attached hydrogen (secondary N) is 1. The van der Waals surface area contributed by atoms with E-state index in [9.17, 15) is 23.3 Å². The number of nitrogen functional groups attached to an aromatic ring is 1. The van der Waals surface area contributed by atoms with Crippen LogP contribution < -0.4 is 5.73 Å². The molecule has 1 aliphatic heterocycles. The molecule has 3 aromatic heterocycles. The number of fused-ring (bicyclic) bond motifs is 1. The van der Waals surface area contributed by atoms with Crippen LogP contribution in [0.2, 0.25) is 0 Å². The van der Waals surface area contributed by atoms with Crippen molar-refractivity contribution in [3.63, 3.8) is 0 Å². The van der Waals surface area contributed by atoms with Gasteiger partial charge in [0.1, 0.15) is 17.5 Å². The van der Waals surface area contributed by atoms with Gasteiger partial charge in [0.2, 0.25) is 10.0 Å². The third-order valence-corrected chi connectivity index (χ3v) is 7.87. The summed E-state index contributed by atoms with van der Waals surface area (Å²) in [6.07, 6.45) is 4.48. The van der Waals surface area contributed by atoms with Crippen molar-refractivity contribution in [2.75, 3.05) is 18.8 Å². The fourth-order valence-corrected chi connectivity index (χ4v) is 5.12. The van der Waals surface area contributed by atoms with Gasteiger partial charge in [-0.2, -0.15) is 14.7 Å². The van der Waals surface area contributed by atoms with Gasteiger partial charge < -0.3 is 20.9 Å². The molecule has 0 radical (unpaired) electrons. The Labute approximate surface area is 206 Å². The van der Waals surface area contributed by atoms with E-state index in [0.29, 0.717) is 16.9 Å². The van der Waals surface area contributed by atoms with Crippen molar-refractivity contribution in [1.29, 1.82) is 5.26 Å². The topological polar surface area (TPSA) is 221 Å². The van der Waals surface area contributed by atoms with E-state index in [-0.39, 0.29) is 38.2 Å². The molecule has 192 valence electrons. The molecule has 1 saturated heterocycles. The lowest BCUT2D eigenvalue weighted by Gasteiger charge is -2.48. The summed E-state index contributed by atoms with van der Waals surface area (Å²) in [4.78, 5) is 30.8. The monoisotopic (exact) mass is 518 g/mol. The molecule has 14 nitrogen and oxygen atoms in total. The van der Waals surface area contributed by atoms with Gasteiger partial charge in [-0.3, -0.25) is 14.3 Å². The molecule has 0 spiro atoms. The minimum Gasteiger partial charge on any atom is -0.481 e. The number of aliphatic carboxylic acids is 2. The van der Waals surface area contributed by atoms with Gasteiger partial charge in [0.05, 0.1) is 41.8 Å². The molecule has 1 aliphatic rings. The van der Waals surface area contributed by atoms with Crippen LogP contribution in [0, 0.1) is 11.3 Å². The van der Waals surface area contributed by atoms with Crippen molar-refractivity contribution < 1.29 is 28.2 Å². The van der Waals surface area contributed by atoms with Crippen LogP contribution in [0.25, 0.3) is 22.3 Å². The number of carboxylic acid groups (broad SMARTS) is 2. The highest BCUT2D eigenvalue weighted by Gasteiger charge is 2.51. The minimum absolute atomic E-state index is 0.126. The summed E-state index contributed by atoms with van der Waals surface area (Å²) < 4.78 is 27.8. The Morgan fingerprint density at radius 1 is 1.25 bits per heavy atom. The second-order valence-electron chi connectivity index (χ2n) is 8.54. The largest absolute Gasteiger partial charge is 0.481 e. The summed E-state index contributed by atoms with van der Waals surface area (Å²) in [6, 6.07) is 4.00. The summed E-state index contributed by atoms with van der Waals surface area (Å²) in [5.41, 5.74) is 7.35. The van der Waals surface area contributed by atoms with E-state index >= 15 is 0 Å². The van der Waals surface area contributed by atoms with Crippen LogP contribution >= 0.6 is 0 Å². The predicted octanol–water partition coefficient (Wildman–Crippen LogP) is 1.00. The smallest absolute Gasteiger partial charge is 0.303 e. The standard InChI is InChI=1S/C17H20N8O2S.C4H6O4/c1-11(2)28(26,27)24-8-17(9-24,4-5-18)25-7-13(15(19)23-25)14-12-3-6-20-16(12)22-10-21-14;5-3(6)1-2-4(7)8/h3,6-7,10-11H,4,8-9H2,1-2H3,(H2,19,23)(H,20,21,22);1-2H2,(H,5,6)(H,7,8). The molecule has 5 N–H and O–H groups in total. The van der Waals surface area contributed by atoms with E-state index < -0.39 is 32.8 Å². The van der Waals surface area contributed by atoms with Crippen LogP contribution in [0.1, 0.15) is 33.1 Å². The Hall–Kier alpha value is -4.03. The van der Waals surface area contributed by atoms with Crippen LogP contribution in [-0.4, -0.2) is 77.9 Å². The van der Waals surface area contributed by atoms with Gasteiger partial charge in [0.15, 0.2) is 5.82 Å². The van der Waals surface area contributed by atoms with Crippen molar-refractivity contribution in [3.8, 4) is 17.3 Å². The van der Waals surface area contributed by atoms with Crippen molar-refractivity contribution in [2.45, 2.75) is 43.9 Å². The third-order valence-electron chi connectivity index (χ3n) is 5.70. The second kappa shape index (κ2) is 10.3. The fourth-order valence-electron chi connectivity index (χ4n) is 3.69. The lowest BCUT2D eigenvalue weighted by atomic mass is 9.89. The molecule has 4 rings (SSSR count). The number of rotatable bonds is 8. The Balaban J connectivity index is 0.000000392. The minimum atomic E-state index is -3.39. The Bertz CT molecular complexity index is 1400. The molecule has 0 unspecified atom stereocenters. The number of carboxylic acids is 2. The molecule has 0 bridgehead atoms. The van der Waals surface area contributed by atoms with Crippen LogP contribution in [0.5, 0.6) is 0 Å². The average Bonchev–Trinajstić information content (AvgIpc) is 3.41. The van der Waals surface area contributed by atoms with E-state index in [0.717, 1.165) is 5.39 Å². The lowest BCUT2D eigenvalue weighted by molar-refractivity contribution is -0.143. The van der Waals surface area contributed by atoms with Gasteiger partial charge in [-0.1, -0.05) is 0 Å². The highest BCUT2D eigenvalue weighted by atomic mass is 32.2. The first-order chi connectivity index (χ1) is 16.9. The van der Waals surface area contributed by atoms with Gasteiger partial charge in [0.25, 0.3) is 0 Å². The SMILES string of the molecule is CC(C)S(=O)(=O)N1CC(CC#N)(n2cc(-c3ncnc4[nH]ccc34)c(N)n2)C1.O=C(O)CCC(=O)O. The number of sulfonamides is 1. The van der Waals surface area contributed by atoms with Crippen LogP contribution in [0.3, 0.4) is 0 Å². The highest BCUT2D eigenvalue weighted by Crippen LogP contribution is 2.38. The zero-order valence-electron chi connectivity index (χ0n) is 19.6. The fraction of sp³-hybridized carbons (Fsp3) is 0.429. The van der Waals surface area contributed by atoms with Crippen molar-refractivity contribution in [3.05, 3.63) is 24.8 Å². The molecular formula is C21H26N8O6S. The van der Waals surface area contributed by atoms with Crippen LogP contribution in [0.4, 0.5) is 5.82 Å². The number of carbonyl (C=O) groups is 2. The number of nitrogens with zero attached hydrogens (tertiary/aromatic N) is 6. The van der Waals surface area contributed by atoms with Crippen LogP contribution in [-0.2, 0) is 25.2 Å². The van der Waals surface area contributed by atoms with Gasteiger partial charge in [-0.25, -0.2) is 18.4 Å². The Morgan fingerprint density at radius 3 is 2.44 bits per heavy atom. The van der Waals surface area contributed by atoms with Crippen molar-refractivity contribution in [1.82, 2.24) is 29.0 Å². The lowest BCUT2D eigenvalue weighted by Crippen LogP contribution is -2.65. The first-order valence-corrected chi connectivity index (χ1v) is 12.3. The summed E-state index contributed by atoms with van der Waals surface area (Å²) in [5.74, 6) is -1.89.